The molecule has 42 valence electrons. The van der Waals surface area contributed by atoms with Gasteiger partial charge in [-0.1, -0.05) is 6.92 Å². The third kappa shape index (κ3) is 0.778. The van der Waals surface area contributed by atoms with Gasteiger partial charge in [0.05, 0.1) is 11.7 Å². The molecular formula is C6H12O. The fourth-order valence-electron chi connectivity index (χ4n) is 0.908. The molecule has 0 radical (unpaired) electrons. The lowest BCUT2D eigenvalue weighted by molar-refractivity contribution is 0.322. The van der Waals surface area contributed by atoms with E-state index < -0.39 is 0 Å². The zero-order valence-corrected chi connectivity index (χ0v) is 5.19. The van der Waals surface area contributed by atoms with E-state index in [1.807, 2.05) is 0 Å². The molecule has 0 amide bonds. The zero-order chi connectivity index (χ0) is 5.49. The second kappa shape index (κ2) is 1.22. The molecule has 0 N–H and O–H groups in total. The summed E-state index contributed by atoms with van der Waals surface area (Å²) in [6, 6.07) is 0. The second-order valence-corrected chi connectivity index (χ2v) is 2.62. The van der Waals surface area contributed by atoms with E-state index in [9.17, 15) is 0 Å². The van der Waals surface area contributed by atoms with Crippen LogP contribution in [0.15, 0.2) is 0 Å². The molecule has 0 aromatic heterocycles. The highest BCUT2D eigenvalue weighted by Gasteiger charge is 2.45. The fraction of sp³-hybridized carbons (Fsp3) is 1.00. The highest BCUT2D eigenvalue weighted by molar-refractivity contribution is 4.93. The van der Waals surface area contributed by atoms with Crippen molar-refractivity contribution < 1.29 is 4.74 Å². The molecule has 1 rings (SSSR count). The van der Waals surface area contributed by atoms with E-state index in [0.29, 0.717) is 6.10 Å². The lowest BCUT2D eigenvalue weighted by Crippen LogP contribution is -2.00. The van der Waals surface area contributed by atoms with Gasteiger partial charge >= 0.3 is 0 Å². The van der Waals surface area contributed by atoms with Gasteiger partial charge in [-0.15, -0.1) is 0 Å². The van der Waals surface area contributed by atoms with E-state index in [0.717, 1.165) is 6.42 Å². The van der Waals surface area contributed by atoms with Crippen LogP contribution in [0.2, 0.25) is 0 Å². The van der Waals surface area contributed by atoms with E-state index in [1.165, 1.54) is 0 Å². The Morgan fingerprint density at radius 1 is 1.57 bits per heavy atom. The second-order valence-electron chi connectivity index (χ2n) is 2.62. The zero-order valence-electron chi connectivity index (χ0n) is 5.19. The van der Waals surface area contributed by atoms with Crippen LogP contribution >= 0.6 is 0 Å². The minimum absolute atomic E-state index is 0.217. The van der Waals surface area contributed by atoms with Crippen LogP contribution in [0.5, 0.6) is 0 Å². The molecule has 1 fully saturated rings. The van der Waals surface area contributed by atoms with Crippen LogP contribution in [0.25, 0.3) is 0 Å². The minimum atomic E-state index is 0.217. The van der Waals surface area contributed by atoms with Gasteiger partial charge in [0, 0.05) is 0 Å². The maximum Gasteiger partial charge on any atom is 0.0892 e. The highest BCUT2D eigenvalue weighted by Crippen LogP contribution is 2.36. The van der Waals surface area contributed by atoms with Crippen molar-refractivity contribution in [1.82, 2.24) is 0 Å². The molecule has 0 saturated carbocycles. The Balaban J connectivity index is 2.30. The molecule has 0 aromatic rings. The first-order valence-corrected chi connectivity index (χ1v) is 2.84. The molecule has 1 atom stereocenters. The average molecular weight is 100 g/mol. The Morgan fingerprint density at radius 3 is 2.00 bits per heavy atom. The minimum Gasteiger partial charge on any atom is -0.367 e. The smallest absolute Gasteiger partial charge is 0.0892 e. The fourth-order valence-corrected chi connectivity index (χ4v) is 0.908. The van der Waals surface area contributed by atoms with Crippen LogP contribution in [0.4, 0.5) is 0 Å². The van der Waals surface area contributed by atoms with Crippen molar-refractivity contribution in [2.75, 3.05) is 0 Å². The number of hydrogen-bond donors (Lipinski definition) is 0. The Bertz CT molecular complexity index is 76.2. The Labute approximate surface area is 44.7 Å². The molecule has 0 aliphatic carbocycles. The molecule has 0 spiro atoms. The summed E-state index contributed by atoms with van der Waals surface area (Å²) >= 11 is 0. The quantitative estimate of drug-likeness (QED) is 0.456. The van der Waals surface area contributed by atoms with E-state index in [2.05, 4.69) is 20.8 Å². The van der Waals surface area contributed by atoms with Crippen molar-refractivity contribution in [2.24, 2.45) is 0 Å². The van der Waals surface area contributed by atoms with Gasteiger partial charge in [0.15, 0.2) is 0 Å². The molecule has 1 saturated heterocycles. The molecule has 0 bridgehead atoms. The monoisotopic (exact) mass is 100 g/mol. The van der Waals surface area contributed by atoms with E-state index in [4.69, 9.17) is 4.74 Å². The summed E-state index contributed by atoms with van der Waals surface area (Å²) in [5.41, 5.74) is 0.217. The van der Waals surface area contributed by atoms with Crippen molar-refractivity contribution in [3.8, 4) is 0 Å². The van der Waals surface area contributed by atoms with Crippen molar-refractivity contribution in [2.45, 2.75) is 38.9 Å². The first-order valence-electron chi connectivity index (χ1n) is 2.84. The van der Waals surface area contributed by atoms with E-state index in [1.54, 1.807) is 0 Å². The number of epoxide rings is 1. The maximum atomic E-state index is 5.25. The first-order chi connectivity index (χ1) is 3.17. The number of ether oxygens (including phenoxy) is 1. The number of rotatable bonds is 1. The maximum absolute atomic E-state index is 5.25. The van der Waals surface area contributed by atoms with Crippen molar-refractivity contribution >= 4 is 0 Å². The Kier molecular flexibility index (Phi) is 0.890. The summed E-state index contributed by atoms with van der Waals surface area (Å²) in [6.07, 6.45) is 1.71. The molecule has 0 unspecified atom stereocenters. The summed E-state index contributed by atoms with van der Waals surface area (Å²) in [6.45, 7) is 6.40. The standard InChI is InChI=1S/C6H12O/c1-4-5-6(2,3)7-5/h5H,4H2,1-3H3/t5-/m0/s1. The molecule has 1 aliphatic rings. The van der Waals surface area contributed by atoms with Crippen LogP contribution in [0, 0.1) is 0 Å². The van der Waals surface area contributed by atoms with Crippen LogP contribution < -0.4 is 0 Å². The summed E-state index contributed by atoms with van der Waals surface area (Å²) < 4.78 is 5.25. The normalized spacial score (nSPS) is 35.6. The molecule has 1 nitrogen and oxygen atoms in total. The van der Waals surface area contributed by atoms with E-state index in [-0.39, 0.29) is 5.60 Å². The topological polar surface area (TPSA) is 12.5 Å². The molecular weight excluding hydrogens is 88.1 g/mol. The lowest BCUT2D eigenvalue weighted by Gasteiger charge is -1.87. The van der Waals surface area contributed by atoms with Crippen LogP contribution in [0.1, 0.15) is 27.2 Å². The summed E-state index contributed by atoms with van der Waals surface area (Å²) in [4.78, 5) is 0. The van der Waals surface area contributed by atoms with Crippen LogP contribution in [0.3, 0.4) is 0 Å². The van der Waals surface area contributed by atoms with Gasteiger partial charge in [0.1, 0.15) is 0 Å². The van der Waals surface area contributed by atoms with Gasteiger partial charge in [0.25, 0.3) is 0 Å². The van der Waals surface area contributed by atoms with Gasteiger partial charge in [-0.2, -0.15) is 0 Å². The van der Waals surface area contributed by atoms with Gasteiger partial charge in [-0.05, 0) is 20.3 Å². The molecule has 0 aromatic carbocycles. The summed E-state index contributed by atoms with van der Waals surface area (Å²) in [7, 11) is 0. The SMILES string of the molecule is CC[C@@H]1OC1(C)C. The average Bonchev–Trinajstić information content (AvgIpc) is 2.13. The third-order valence-corrected chi connectivity index (χ3v) is 1.53. The van der Waals surface area contributed by atoms with Gasteiger partial charge in [-0.3, -0.25) is 0 Å². The largest absolute Gasteiger partial charge is 0.367 e. The summed E-state index contributed by atoms with van der Waals surface area (Å²) in [5, 5.41) is 0. The predicted octanol–water partition coefficient (Wildman–Crippen LogP) is 1.57. The van der Waals surface area contributed by atoms with Crippen molar-refractivity contribution in [3.05, 3.63) is 0 Å². The van der Waals surface area contributed by atoms with Crippen molar-refractivity contribution in [3.63, 3.8) is 0 Å². The molecule has 1 heteroatoms. The van der Waals surface area contributed by atoms with Crippen LogP contribution in [-0.4, -0.2) is 11.7 Å². The predicted molar refractivity (Wildman–Crippen MR) is 29.2 cm³/mol. The van der Waals surface area contributed by atoms with Crippen LogP contribution in [-0.2, 0) is 4.74 Å². The van der Waals surface area contributed by atoms with Gasteiger partial charge in [-0.25, -0.2) is 0 Å². The highest BCUT2D eigenvalue weighted by atomic mass is 16.6. The Morgan fingerprint density at radius 2 is 2.00 bits per heavy atom. The third-order valence-electron chi connectivity index (χ3n) is 1.53. The first kappa shape index (κ1) is 5.10. The van der Waals surface area contributed by atoms with E-state index >= 15 is 0 Å². The van der Waals surface area contributed by atoms with Crippen molar-refractivity contribution in [1.29, 1.82) is 0 Å². The molecule has 7 heavy (non-hydrogen) atoms. The van der Waals surface area contributed by atoms with Gasteiger partial charge < -0.3 is 4.74 Å². The number of hydrogen-bond acceptors (Lipinski definition) is 1. The molecule has 1 aliphatic heterocycles. The van der Waals surface area contributed by atoms with Gasteiger partial charge in [0.2, 0.25) is 0 Å². The molecule has 1 heterocycles. The summed E-state index contributed by atoms with van der Waals surface area (Å²) in [5.74, 6) is 0. The Hall–Kier alpha value is -0.0400. The lowest BCUT2D eigenvalue weighted by atomic mass is 10.1.